The molecule has 5 nitrogen and oxygen atoms in total. The molecule has 4 rings (SSSR count). The molecule has 6 heteroatoms. The highest BCUT2D eigenvalue weighted by molar-refractivity contribution is 7.16. The maximum absolute atomic E-state index is 12.3. The van der Waals surface area contributed by atoms with Gasteiger partial charge in [0, 0.05) is 30.5 Å². The molecule has 2 N–H and O–H groups in total. The lowest BCUT2D eigenvalue weighted by molar-refractivity contribution is 0.0930. The average molecular weight is 300 g/mol. The van der Waals surface area contributed by atoms with E-state index in [9.17, 15) is 4.79 Å². The molecule has 0 saturated carbocycles. The van der Waals surface area contributed by atoms with Gasteiger partial charge in [-0.2, -0.15) is 0 Å². The van der Waals surface area contributed by atoms with Crippen molar-refractivity contribution < 1.29 is 4.79 Å². The van der Waals surface area contributed by atoms with Gasteiger partial charge >= 0.3 is 0 Å². The van der Waals surface area contributed by atoms with Gasteiger partial charge in [0.2, 0.25) is 0 Å². The summed E-state index contributed by atoms with van der Waals surface area (Å²) in [6.45, 7) is 0. The van der Waals surface area contributed by atoms with Crippen molar-refractivity contribution in [2.24, 2.45) is 0 Å². The maximum atomic E-state index is 12.3. The Bertz CT molecular complexity index is 657. The summed E-state index contributed by atoms with van der Waals surface area (Å²) in [4.78, 5) is 21.8. The molecule has 1 amide bonds. The summed E-state index contributed by atoms with van der Waals surface area (Å²) in [6.07, 6.45) is 6.90. The van der Waals surface area contributed by atoms with Crippen molar-refractivity contribution in [2.75, 3.05) is 0 Å². The van der Waals surface area contributed by atoms with E-state index in [-0.39, 0.29) is 11.9 Å². The number of rotatable bonds is 3. The van der Waals surface area contributed by atoms with Gasteiger partial charge < -0.3 is 10.6 Å². The van der Waals surface area contributed by atoms with Crippen LogP contribution in [0.15, 0.2) is 30.6 Å². The molecule has 21 heavy (non-hydrogen) atoms. The molecule has 2 aromatic rings. The molecule has 2 aliphatic heterocycles. The Morgan fingerprint density at radius 1 is 1.33 bits per heavy atom. The van der Waals surface area contributed by atoms with Crippen molar-refractivity contribution >= 4 is 17.2 Å². The van der Waals surface area contributed by atoms with Gasteiger partial charge in [-0.15, -0.1) is 11.3 Å². The van der Waals surface area contributed by atoms with Gasteiger partial charge in [0.15, 0.2) is 5.01 Å². The highest BCUT2D eigenvalue weighted by Gasteiger charge is 2.39. The van der Waals surface area contributed by atoms with Crippen LogP contribution >= 0.6 is 11.3 Å². The summed E-state index contributed by atoms with van der Waals surface area (Å²) in [7, 11) is 0. The predicted molar refractivity (Wildman–Crippen MR) is 81.2 cm³/mol. The first kappa shape index (κ1) is 12.9. The Labute approximate surface area is 126 Å². The Morgan fingerprint density at radius 2 is 2.29 bits per heavy atom. The lowest BCUT2D eigenvalue weighted by Gasteiger charge is -2.20. The summed E-state index contributed by atoms with van der Waals surface area (Å²) in [6, 6.07) is 7.01. The average Bonchev–Trinajstić information content (AvgIpc) is 3.24. The molecule has 0 aromatic carbocycles. The van der Waals surface area contributed by atoms with Gasteiger partial charge in [-0.1, -0.05) is 6.07 Å². The fourth-order valence-electron chi connectivity index (χ4n) is 3.22. The van der Waals surface area contributed by atoms with Gasteiger partial charge in [-0.25, -0.2) is 4.98 Å². The van der Waals surface area contributed by atoms with Crippen molar-refractivity contribution in [1.82, 2.24) is 20.6 Å². The number of carbonyl (C=O) groups excluding carboxylic acids is 1. The number of hydrogen-bond donors (Lipinski definition) is 2. The summed E-state index contributed by atoms with van der Waals surface area (Å²) in [5.41, 5.74) is 0.857. The summed E-state index contributed by atoms with van der Waals surface area (Å²) in [5.74, 6) is -0.0680. The van der Waals surface area contributed by atoms with Crippen LogP contribution in [0.2, 0.25) is 0 Å². The van der Waals surface area contributed by atoms with E-state index in [0.717, 1.165) is 23.4 Å². The van der Waals surface area contributed by atoms with E-state index in [1.807, 2.05) is 18.2 Å². The highest BCUT2D eigenvalue weighted by Crippen LogP contribution is 2.29. The molecule has 0 unspecified atom stereocenters. The van der Waals surface area contributed by atoms with Crippen molar-refractivity contribution in [3.8, 4) is 10.6 Å². The van der Waals surface area contributed by atoms with E-state index >= 15 is 0 Å². The molecule has 0 spiro atoms. The van der Waals surface area contributed by atoms with Crippen LogP contribution in [0.3, 0.4) is 0 Å². The van der Waals surface area contributed by atoms with E-state index < -0.39 is 0 Å². The van der Waals surface area contributed by atoms with Crippen LogP contribution in [-0.4, -0.2) is 34.0 Å². The van der Waals surface area contributed by atoms with Crippen molar-refractivity contribution in [1.29, 1.82) is 0 Å². The van der Waals surface area contributed by atoms with Gasteiger partial charge in [-0.05, 0) is 31.4 Å². The Balaban J connectivity index is 1.47. The number of fused-ring (bicyclic) bond motifs is 2. The normalized spacial score (nSPS) is 27.0. The molecule has 2 bridgehead atoms. The Kier molecular flexibility index (Phi) is 3.20. The molecule has 2 saturated heterocycles. The lowest BCUT2D eigenvalue weighted by Crippen LogP contribution is -2.42. The molecule has 2 fully saturated rings. The van der Waals surface area contributed by atoms with Crippen LogP contribution in [-0.2, 0) is 0 Å². The third kappa shape index (κ3) is 2.45. The number of nitrogens with one attached hydrogen (secondary N) is 2. The molecule has 0 aliphatic carbocycles. The number of hydrogen-bond acceptors (Lipinski definition) is 5. The van der Waals surface area contributed by atoms with Crippen LogP contribution in [0, 0.1) is 0 Å². The zero-order valence-corrected chi connectivity index (χ0v) is 12.3. The number of thiazole rings is 1. The molecular weight excluding hydrogens is 284 g/mol. The number of nitrogens with zero attached hydrogens (tertiary/aromatic N) is 2. The summed E-state index contributed by atoms with van der Waals surface area (Å²) >= 11 is 1.39. The third-order valence-corrected chi connectivity index (χ3v) is 5.25. The Morgan fingerprint density at radius 3 is 3.00 bits per heavy atom. The van der Waals surface area contributed by atoms with Gasteiger partial charge in [0.05, 0.1) is 10.6 Å². The number of aromatic nitrogens is 2. The number of carbonyl (C=O) groups is 1. The number of amides is 1. The first-order chi connectivity index (χ1) is 10.3. The predicted octanol–water partition coefficient (Wildman–Crippen LogP) is 1.83. The minimum Gasteiger partial charge on any atom is -0.346 e. The second-order valence-corrected chi connectivity index (χ2v) is 6.64. The fourth-order valence-corrected chi connectivity index (χ4v) is 4.02. The van der Waals surface area contributed by atoms with E-state index in [2.05, 4.69) is 20.6 Å². The van der Waals surface area contributed by atoms with E-state index in [0.29, 0.717) is 17.1 Å². The van der Waals surface area contributed by atoms with Crippen molar-refractivity contribution in [2.45, 2.75) is 37.4 Å². The van der Waals surface area contributed by atoms with Gasteiger partial charge in [-0.3, -0.25) is 9.78 Å². The monoisotopic (exact) mass is 300 g/mol. The minimum atomic E-state index is -0.0680. The third-order valence-electron chi connectivity index (χ3n) is 4.23. The van der Waals surface area contributed by atoms with Crippen LogP contribution in [0.5, 0.6) is 0 Å². The first-order valence-corrected chi connectivity index (χ1v) is 8.05. The largest absolute Gasteiger partial charge is 0.346 e. The van der Waals surface area contributed by atoms with E-state index in [1.54, 1.807) is 12.4 Å². The van der Waals surface area contributed by atoms with Crippen molar-refractivity contribution in [3.05, 3.63) is 35.6 Å². The highest BCUT2D eigenvalue weighted by atomic mass is 32.1. The SMILES string of the molecule is O=C(N[C@@H]1C[C@H]2CC[C@@H]1N2)c1ncc(-c2ccccn2)s1. The molecule has 2 aliphatic rings. The fraction of sp³-hybridized carbons (Fsp3) is 0.400. The molecule has 2 aromatic heterocycles. The summed E-state index contributed by atoms with van der Waals surface area (Å²) in [5, 5.41) is 7.15. The minimum absolute atomic E-state index is 0.0680. The van der Waals surface area contributed by atoms with E-state index in [1.165, 1.54) is 17.8 Å². The maximum Gasteiger partial charge on any atom is 0.280 e. The zero-order valence-electron chi connectivity index (χ0n) is 11.5. The van der Waals surface area contributed by atoms with E-state index in [4.69, 9.17) is 0 Å². The standard InChI is InChI=1S/C15H16N4OS/c20-14(19-12-7-9-4-5-10(12)18-9)15-17-8-13(21-15)11-3-1-2-6-16-11/h1-3,6,8-10,12,18H,4-5,7H2,(H,19,20)/t9-,10+,12-/m1/s1. The topological polar surface area (TPSA) is 66.9 Å². The van der Waals surface area contributed by atoms with Crippen LogP contribution < -0.4 is 10.6 Å². The second-order valence-electron chi connectivity index (χ2n) is 5.61. The van der Waals surface area contributed by atoms with Crippen LogP contribution in [0.1, 0.15) is 29.1 Å². The lowest BCUT2D eigenvalue weighted by atomic mass is 9.95. The zero-order chi connectivity index (χ0) is 14.2. The van der Waals surface area contributed by atoms with Crippen LogP contribution in [0.4, 0.5) is 0 Å². The van der Waals surface area contributed by atoms with Crippen molar-refractivity contribution in [3.63, 3.8) is 0 Å². The molecule has 3 atom stereocenters. The quantitative estimate of drug-likeness (QED) is 0.907. The molecule has 108 valence electrons. The Hall–Kier alpha value is -1.79. The molecule has 4 heterocycles. The van der Waals surface area contributed by atoms with Gasteiger partial charge in [0.25, 0.3) is 5.91 Å². The smallest absolute Gasteiger partial charge is 0.280 e. The van der Waals surface area contributed by atoms with Crippen LogP contribution in [0.25, 0.3) is 10.6 Å². The summed E-state index contributed by atoms with van der Waals surface area (Å²) < 4.78 is 0. The molecule has 0 radical (unpaired) electrons. The first-order valence-electron chi connectivity index (χ1n) is 7.24. The van der Waals surface area contributed by atoms with Gasteiger partial charge in [0.1, 0.15) is 0 Å². The number of pyridine rings is 1. The second kappa shape index (κ2) is 5.20. The molecular formula is C15H16N4OS.